The highest BCUT2D eigenvalue weighted by molar-refractivity contribution is 14.1. The average molecular weight is 358 g/mol. The second kappa shape index (κ2) is 5.17. The quantitative estimate of drug-likeness (QED) is 0.818. The summed E-state index contributed by atoms with van der Waals surface area (Å²) in [4.78, 5) is 28.2. The summed E-state index contributed by atoms with van der Waals surface area (Å²) in [7, 11) is 0. The van der Waals surface area contributed by atoms with Gasteiger partial charge in [0, 0.05) is 3.57 Å². The molecule has 0 atom stereocenters. The van der Waals surface area contributed by atoms with Crippen molar-refractivity contribution in [3.63, 3.8) is 0 Å². The van der Waals surface area contributed by atoms with Crippen molar-refractivity contribution in [3.8, 4) is 11.6 Å². The van der Waals surface area contributed by atoms with Crippen molar-refractivity contribution in [2.45, 2.75) is 0 Å². The van der Waals surface area contributed by atoms with Gasteiger partial charge >= 0.3 is 5.97 Å². The molecule has 1 aromatic carbocycles. The monoisotopic (exact) mass is 358 g/mol. The minimum absolute atomic E-state index is 0.0176. The van der Waals surface area contributed by atoms with Crippen LogP contribution in [0.5, 0.6) is 11.6 Å². The first-order chi connectivity index (χ1) is 8.56. The molecule has 7 heteroatoms. The smallest absolute Gasteiger partial charge is 0.339 e. The Labute approximate surface area is 115 Å². The number of hydrogen-bond acceptors (Lipinski definition) is 4. The second-order valence-corrected chi connectivity index (χ2v) is 4.54. The summed E-state index contributed by atoms with van der Waals surface area (Å²) in [6.07, 6.45) is 1.19. The molecular formula is C11H7IN2O4. The topological polar surface area (TPSA) is 92.3 Å². The van der Waals surface area contributed by atoms with Crippen LogP contribution in [0.4, 0.5) is 0 Å². The van der Waals surface area contributed by atoms with E-state index in [1.165, 1.54) is 18.5 Å². The molecule has 0 aliphatic heterocycles. The number of hydrogen-bond donors (Lipinski definition) is 2. The van der Waals surface area contributed by atoms with E-state index in [0.717, 1.165) is 9.64 Å². The van der Waals surface area contributed by atoms with Crippen LogP contribution in [0.3, 0.4) is 0 Å². The van der Waals surface area contributed by atoms with Crippen LogP contribution in [0.15, 0.2) is 35.4 Å². The van der Waals surface area contributed by atoms with E-state index >= 15 is 0 Å². The average Bonchev–Trinajstić information content (AvgIpc) is 2.31. The summed E-state index contributed by atoms with van der Waals surface area (Å²) in [6.45, 7) is 0. The number of ether oxygens (including phenoxy) is 1. The molecule has 2 N–H and O–H groups in total. The number of carbonyl (C=O) groups is 1. The number of aromatic carboxylic acids is 1. The molecule has 18 heavy (non-hydrogen) atoms. The normalized spacial score (nSPS) is 10.1. The number of carboxylic acids is 1. The summed E-state index contributed by atoms with van der Waals surface area (Å²) in [5.41, 5.74) is -0.355. The molecule has 1 aromatic heterocycles. The zero-order chi connectivity index (χ0) is 13.1. The molecule has 0 bridgehead atoms. The van der Waals surface area contributed by atoms with Crippen LogP contribution in [-0.4, -0.2) is 21.0 Å². The summed E-state index contributed by atoms with van der Waals surface area (Å²) in [5.74, 6) is -0.920. The van der Waals surface area contributed by atoms with Crippen molar-refractivity contribution >= 4 is 28.6 Å². The van der Waals surface area contributed by atoms with Gasteiger partial charge in [0.05, 0.1) is 12.4 Å². The van der Waals surface area contributed by atoms with Gasteiger partial charge in [-0.25, -0.2) is 9.78 Å². The van der Waals surface area contributed by atoms with Crippen molar-refractivity contribution in [2.75, 3.05) is 0 Å². The Hall–Kier alpha value is -1.90. The van der Waals surface area contributed by atoms with Crippen molar-refractivity contribution in [3.05, 3.63) is 50.1 Å². The number of H-pyrrole nitrogens is 1. The first-order valence-electron chi connectivity index (χ1n) is 4.81. The number of benzene rings is 1. The number of halogens is 1. The van der Waals surface area contributed by atoms with Crippen LogP contribution < -0.4 is 10.3 Å². The summed E-state index contributed by atoms with van der Waals surface area (Å²) in [5, 5.41) is 9.05. The van der Waals surface area contributed by atoms with Crippen LogP contribution in [0.25, 0.3) is 0 Å². The lowest BCUT2D eigenvalue weighted by molar-refractivity contribution is 0.0694. The Morgan fingerprint density at radius 3 is 2.83 bits per heavy atom. The lowest BCUT2D eigenvalue weighted by atomic mass is 10.2. The summed E-state index contributed by atoms with van der Waals surface area (Å²) in [6, 6.07) is 5.85. The van der Waals surface area contributed by atoms with Crippen molar-refractivity contribution < 1.29 is 14.6 Å². The molecule has 92 valence electrons. The highest BCUT2D eigenvalue weighted by atomic mass is 127. The second-order valence-electron chi connectivity index (χ2n) is 3.30. The van der Waals surface area contributed by atoms with Gasteiger partial charge in [-0.1, -0.05) is 0 Å². The van der Waals surface area contributed by atoms with Crippen LogP contribution in [-0.2, 0) is 0 Å². The number of carboxylic acid groups (broad SMARTS) is 1. The fourth-order valence-electron chi connectivity index (χ4n) is 1.28. The van der Waals surface area contributed by atoms with Gasteiger partial charge in [0.25, 0.3) is 5.56 Å². The fourth-order valence-corrected chi connectivity index (χ4v) is 1.77. The predicted octanol–water partition coefficient (Wildman–Crippen LogP) is 1.86. The van der Waals surface area contributed by atoms with Crippen LogP contribution in [0.2, 0.25) is 0 Å². The zero-order valence-corrected chi connectivity index (χ0v) is 11.0. The van der Waals surface area contributed by atoms with Gasteiger partial charge in [-0.3, -0.25) is 4.79 Å². The van der Waals surface area contributed by atoms with E-state index in [4.69, 9.17) is 9.84 Å². The van der Waals surface area contributed by atoms with E-state index in [1.54, 1.807) is 6.07 Å². The van der Waals surface area contributed by atoms with E-state index in [9.17, 15) is 9.59 Å². The number of aromatic amines is 1. The SMILES string of the molecule is O=C(O)c1cc(I)ccc1Oc1cc(=O)[nH]cn1. The lowest BCUT2D eigenvalue weighted by Crippen LogP contribution is -2.06. The molecule has 0 radical (unpaired) electrons. The minimum atomic E-state index is -1.10. The molecule has 0 unspecified atom stereocenters. The summed E-state index contributed by atoms with van der Waals surface area (Å²) < 4.78 is 6.07. The van der Waals surface area contributed by atoms with Gasteiger partial charge in [-0.05, 0) is 40.8 Å². The molecule has 0 saturated heterocycles. The van der Waals surface area contributed by atoms with E-state index in [-0.39, 0.29) is 22.8 Å². The van der Waals surface area contributed by atoms with E-state index in [2.05, 4.69) is 9.97 Å². The van der Waals surface area contributed by atoms with Crippen molar-refractivity contribution in [1.82, 2.24) is 9.97 Å². The largest absolute Gasteiger partial charge is 0.478 e. The van der Waals surface area contributed by atoms with Gasteiger partial charge in [-0.15, -0.1) is 0 Å². The molecule has 0 spiro atoms. The third kappa shape index (κ3) is 2.86. The van der Waals surface area contributed by atoms with E-state index < -0.39 is 5.97 Å². The molecule has 0 saturated carbocycles. The predicted molar refractivity (Wildman–Crippen MR) is 71.1 cm³/mol. The maximum Gasteiger partial charge on any atom is 0.339 e. The first kappa shape index (κ1) is 12.6. The van der Waals surface area contributed by atoms with Crippen molar-refractivity contribution in [1.29, 1.82) is 0 Å². The molecular weight excluding hydrogens is 351 g/mol. The molecule has 0 amide bonds. The number of nitrogens with zero attached hydrogens (tertiary/aromatic N) is 1. The molecule has 1 heterocycles. The Morgan fingerprint density at radius 2 is 2.17 bits per heavy atom. The highest BCUT2D eigenvalue weighted by Gasteiger charge is 2.13. The third-order valence-electron chi connectivity index (χ3n) is 2.04. The molecule has 6 nitrogen and oxygen atoms in total. The molecule has 0 aliphatic carbocycles. The zero-order valence-electron chi connectivity index (χ0n) is 8.88. The third-order valence-corrected chi connectivity index (χ3v) is 2.71. The molecule has 0 aliphatic rings. The Kier molecular flexibility index (Phi) is 3.60. The van der Waals surface area contributed by atoms with Crippen molar-refractivity contribution in [2.24, 2.45) is 0 Å². The van der Waals surface area contributed by atoms with Crippen LogP contribution >= 0.6 is 22.6 Å². The van der Waals surface area contributed by atoms with Gasteiger partial charge in [0.15, 0.2) is 0 Å². The minimum Gasteiger partial charge on any atom is -0.478 e. The molecule has 2 aromatic rings. The summed E-state index contributed by atoms with van der Waals surface area (Å²) >= 11 is 2.00. The fraction of sp³-hybridized carbons (Fsp3) is 0. The standard InChI is InChI=1S/C11H7IN2O4/c12-6-1-2-8(7(3-6)11(16)17)18-10-4-9(15)13-5-14-10/h1-5H,(H,16,17)(H,13,14,15). The lowest BCUT2D eigenvalue weighted by Gasteiger charge is -2.07. The van der Waals surface area contributed by atoms with E-state index in [0.29, 0.717) is 0 Å². The van der Waals surface area contributed by atoms with E-state index in [1.807, 2.05) is 22.6 Å². The first-order valence-corrected chi connectivity index (χ1v) is 5.89. The highest BCUT2D eigenvalue weighted by Crippen LogP contribution is 2.25. The maximum absolute atomic E-state index is 11.1. The maximum atomic E-state index is 11.1. The Balaban J connectivity index is 2.40. The van der Waals surface area contributed by atoms with Gasteiger partial charge < -0.3 is 14.8 Å². The van der Waals surface area contributed by atoms with Crippen LogP contribution in [0, 0.1) is 3.57 Å². The number of aromatic nitrogens is 2. The Bertz CT molecular complexity index is 653. The molecule has 2 rings (SSSR count). The van der Waals surface area contributed by atoms with Crippen LogP contribution in [0.1, 0.15) is 10.4 Å². The number of nitrogens with one attached hydrogen (secondary N) is 1. The number of rotatable bonds is 3. The molecule has 0 fully saturated rings. The Morgan fingerprint density at radius 1 is 1.39 bits per heavy atom. The van der Waals surface area contributed by atoms with Gasteiger partial charge in [0.1, 0.15) is 11.3 Å². The van der Waals surface area contributed by atoms with Gasteiger partial charge in [0.2, 0.25) is 5.88 Å². The van der Waals surface area contributed by atoms with Gasteiger partial charge in [-0.2, -0.15) is 0 Å².